The first-order chi connectivity index (χ1) is 5.68. The minimum absolute atomic E-state index is 0.702. The summed E-state index contributed by atoms with van der Waals surface area (Å²) in [5.74, 6) is 1.04. The van der Waals surface area contributed by atoms with E-state index in [2.05, 4.69) is 32.2 Å². The Kier molecular flexibility index (Phi) is 3.80. The molecular formula is C11H21N. The second kappa shape index (κ2) is 4.66. The van der Waals surface area contributed by atoms with Crippen molar-refractivity contribution in [2.45, 2.75) is 46.1 Å². The maximum absolute atomic E-state index is 3.51. The van der Waals surface area contributed by atoms with Crippen LogP contribution >= 0.6 is 0 Å². The SMILES string of the molecule is CC(C)=CCNC(C)CC1CC1. The van der Waals surface area contributed by atoms with Crippen LogP contribution in [0.25, 0.3) is 0 Å². The van der Waals surface area contributed by atoms with E-state index < -0.39 is 0 Å². The Hall–Kier alpha value is -0.300. The summed E-state index contributed by atoms with van der Waals surface area (Å²) in [4.78, 5) is 0. The minimum Gasteiger partial charge on any atom is -0.311 e. The zero-order valence-electron chi connectivity index (χ0n) is 8.56. The predicted molar refractivity (Wildman–Crippen MR) is 54.2 cm³/mol. The van der Waals surface area contributed by atoms with Gasteiger partial charge in [0.1, 0.15) is 0 Å². The van der Waals surface area contributed by atoms with Crippen LogP contribution < -0.4 is 5.32 Å². The van der Waals surface area contributed by atoms with Gasteiger partial charge >= 0.3 is 0 Å². The number of nitrogens with one attached hydrogen (secondary N) is 1. The zero-order valence-corrected chi connectivity index (χ0v) is 8.56. The average molecular weight is 167 g/mol. The van der Waals surface area contributed by atoms with Crippen molar-refractivity contribution in [3.63, 3.8) is 0 Å². The highest BCUT2D eigenvalue weighted by molar-refractivity contribution is 4.94. The largest absolute Gasteiger partial charge is 0.311 e. The maximum Gasteiger partial charge on any atom is 0.0139 e. The lowest BCUT2D eigenvalue weighted by molar-refractivity contribution is 0.511. The van der Waals surface area contributed by atoms with Gasteiger partial charge in [-0.3, -0.25) is 0 Å². The normalized spacial score (nSPS) is 18.9. The van der Waals surface area contributed by atoms with Crippen LogP contribution in [0.4, 0.5) is 0 Å². The molecule has 1 N–H and O–H groups in total. The predicted octanol–water partition coefficient (Wildman–Crippen LogP) is 2.73. The Morgan fingerprint density at radius 2 is 2.17 bits per heavy atom. The number of hydrogen-bond acceptors (Lipinski definition) is 1. The van der Waals surface area contributed by atoms with Crippen LogP contribution in [0.15, 0.2) is 11.6 Å². The Balaban J connectivity index is 2.00. The maximum atomic E-state index is 3.51. The first kappa shape index (κ1) is 9.79. The van der Waals surface area contributed by atoms with Crippen molar-refractivity contribution in [2.24, 2.45) is 5.92 Å². The molecule has 0 saturated heterocycles. The zero-order chi connectivity index (χ0) is 8.97. The molecule has 0 bridgehead atoms. The van der Waals surface area contributed by atoms with Crippen molar-refractivity contribution in [1.29, 1.82) is 0 Å². The lowest BCUT2D eigenvalue weighted by atomic mass is 10.1. The van der Waals surface area contributed by atoms with E-state index in [9.17, 15) is 0 Å². The topological polar surface area (TPSA) is 12.0 Å². The van der Waals surface area contributed by atoms with Crippen LogP contribution in [0.5, 0.6) is 0 Å². The van der Waals surface area contributed by atoms with Crippen molar-refractivity contribution >= 4 is 0 Å². The first-order valence-corrected chi connectivity index (χ1v) is 5.05. The molecule has 1 heteroatoms. The van der Waals surface area contributed by atoms with Crippen LogP contribution in [0.2, 0.25) is 0 Å². The van der Waals surface area contributed by atoms with Crippen LogP contribution in [-0.2, 0) is 0 Å². The molecule has 0 aliphatic heterocycles. The third kappa shape index (κ3) is 4.55. The molecule has 1 nitrogen and oxygen atoms in total. The lowest BCUT2D eigenvalue weighted by Gasteiger charge is -2.11. The molecular weight excluding hydrogens is 146 g/mol. The van der Waals surface area contributed by atoms with Gasteiger partial charge in [-0.1, -0.05) is 24.5 Å². The van der Waals surface area contributed by atoms with Gasteiger partial charge in [0.2, 0.25) is 0 Å². The van der Waals surface area contributed by atoms with E-state index >= 15 is 0 Å². The molecule has 0 aromatic carbocycles. The Bertz CT molecular complexity index is 152. The summed E-state index contributed by atoms with van der Waals surface area (Å²) in [6.45, 7) is 7.62. The molecule has 1 unspecified atom stereocenters. The van der Waals surface area contributed by atoms with Gasteiger partial charge in [0.25, 0.3) is 0 Å². The number of rotatable bonds is 5. The lowest BCUT2D eigenvalue weighted by Crippen LogP contribution is -2.26. The second-order valence-corrected chi connectivity index (χ2v) is 4.27. The first-order valence-electron chi connectivity index (χ1n) is 5.05. The summed E-state index contributed by atoms with van der Waals surface area (Å²) in [5, 5.41) is 3.51. The van der Waals surface area contributed by atoms with E-state index in [0.29, 0.717) is 6.04 Å². The fourth-order valence-electron chi connectivity index (χ4n) is 1.40. The number of allylic oxidation sites excluding steroid dienone is 1. The van der Waals surface area contributed by atoms with Crippen LogP contribution in [0, 0.1) is 5.92 Å². The Morgan fingerprint density at radius 1 is 1.50 bits per heavy atom. The highest BCUT2D eigenvalue weighted by Crippen LogP contribution is 2.33. The molecule has 70 valence electrons. The van der Waals surface area contributed by atoms with Crippen LogP contribution in [0.1, 0.15) is 40.0 Å². The molecule has 1 rings (SSSR count). The molecule has 1 saturated carbocycles. The minimum atomic E-state index is 0.702. The molecule has 0 radical (unpaired) electrons. The van der Waals surface area contributed by atoms with E-state index in [0.717, 1.165) is 12.5 Å². The summed E-state index contributed by atoms with van der Waals surface area (Å²) in [7, 11) is 0. The molecule has 1 atom stereocenters. The third-order valence-electron chi connectivity index (χ3n) is 2.36. The van der Waals surface area contributed by atoms with Gasteiger partial charge < -0.3 is 5.32 Å². The van der Waals surface area contributed by atoms with E-state index in [4.69, 9.17) is 0 Å². The van der Waals surface area contributed by atoms with Crippen molar-refractivity contribution in [2.75, 3.05) is 6.54 Å². The van der Waals surface area contributed by atoms with Gasteiger partial charge in [-0.15, -0.1) is 0 Å². The summed E-state index contributed by atoms with van der Waals surface area (Å²) >= 11 is 0. The molecule has 0 amide bonds. The quantitative estimate of drug-likeness (QED) is 0.621. The van der Waals surface area contributed by atoms with Gasteiger partial charge in [-0.2, -0.15) is 0 Å². The van der Waals surface area contributed by atoms with E-state index in [1.807, 2.05) is 0 Å². The van der Waals surface area contributed by atoms with Crippen LogP contribution in [0.3, 0.4) is 0 Å². The standard InChI is InChI=1S/C11H21N/c1-9(2)6-7-12-10(3)8-11-4-5-11/h6,10-12H,4-5,7-8H2,1-3H3. The van der Waals surface area contributed by atoms with Crippen molar-refractivity contribution in [3.05, 3.63) is 11.6 Å². The Morgan fingerprint density at radius 3 is 2.67 bits per heavy atom. The molecule has 0 aromatic rings. The van der Waals surface area contributed by atoms with Crippen LogP contribution in [-0.4, -0.2) is 12.6 Å². The summed E-state index contributed by atoms with van der Waals surface area (Å²) in [6.07, 6.45) is 6.56. The highest BCUT2D eigenvalue weighted by Gasteiger charge is 2.22. The van der Waals surface area contributed by atoms with Gasteiger partial charge in [-0.25, -0.2) is 0 Å². The third-order valence-corrected chi connectivity index (χ3v) is 2.36. The molecule has 1 aliphatic carbocycles. The monoisotopic (exact) mass is 167 g/mol. The molecule has 12 heavy (non-hydrogen) atoms. The van der Waals surface area contributed by atoms with Gasteiger partial charge in [0, 0.05) is 12.6 Å². The Labute approximate surface area is 76.2 Å². The van der Waals surface area contributed by atoms with E-state index in [-0.39, 0.29) is 0 Å². The van der Waals surface area contributed by atoms with Crippen molar-refractivity contribution in [3.8, 4) is 0 Å². The van der Waals surface area contributed by atoms with Gasteiger partial charge in [-0.05, 0) is 33.1 Å². The molecule has 0 aromatic heterocycles. The number of hydrogen-bond donors (Lipinski definition) is 1. The molecule has 1 aliphatic rings. The smallest absolute Gasteiger partial charge is 0.0139 e. The summed E-state index contributed by atoms with van der Waals surface area (Å²) < 4.78 is 0. The fraction of sp³-hybridized carbons (Fsp3) is 0.818. The second-order valence-electron chi connectivity index (χ2n) is 4.27. The highest BCUT2D eigenvalue weighted by atomic mass is 14.9. The van der Waals surface area contributed by atoms with E-state index in [1.54, 1.807) is 0 Å². The molecule has 1 fully saturated rings. The van der Waals surface area contributed by atoms with E-state index in [1.165, 1.54) is 24.8 Å². The van der Waals surface area contributed by atoms with Crippen molar-refractivity contribution in [1.82, 2.24) is 5.32 Å². The van der Waals surface area contributed by atoms with Crippen molar-refractivity contribution < 1.29 is 0 Å². The fourth-order valence-corrected chi connectivity index (χ4v) is 1.40. The summed E-state index contributed by atoms with van der Waals surface area (Å²) in [5.41, 5.74) is 1.40. The summed E-state index contributed by atoms with van der Waals surface area (Å²) in [6, 6.07) is 0.702. The van der Waals surface area contributed by atoms with Gasteiger partial charge in [0.15, 0.2) is 0 Å². The molecule has 0 heterocycles. The average Bonchev–Trinajstić information content (AvgIpc) is 2.70. The molecule has 0 spiro atoms. The van der Waals surface area contributed by atoms with Gasteiger partial charge in [0.05, 0.1) is 0 Å².